The first-order chi connectivity index (χ1) is 15.4. The molecule has 0 saturated heterocycles. The lowest BCUT2D eigenvalue weighted by Crippen LogP contribution is -2.24. The molecule has 0 bridgehead atoms. The minimum Gasteiger partial charge on any atom is -0.322 e. The monoisotopic (exact) mass is 462 g/mol. The minimum absolute atomic E-state index is 0.0352. The predicted molar refractivity (Wildman–Crippen MR) is 133 cm³/mol. The van der Waals surface area contributed by atoms with Crippen molar-refractivity contribution in [3.05, 3.63) is 88.2 Å². The maximum absolute atomic E-state index is 12.6. The molecule has 0 unspecified atom stereocenters. The van der Waals surface area contributed by atoms with Gasteiger partial charge in [0.1, 0.15) is 0 Å². The summed E-state index contributed by atoms with van der Waals surface area (Å²) in [5, 5.41) is 3.69. The first-order valence-electron chi connectivity index (χ1n) is 10.4. The van der Waals surface area contributed by atoms with E-state index in [1.54, 1.807) is 23.6 Å². The van der Waals surface area contributed by atoms with Gasteiger partial charge in [0.2, 0.25) is 5.91 Å². The molecule has 1 amide bonds. The fraction of sp³-hybridized carbons (Fsp3) is 0.240. The Morgan fingerprint density at radius 1 is 1.12 bits per heavy atom. The Kier molecular flexibility index (Phi) is 6.77. The van der Waals surface area contributed by atoms with Crippen LogP contribution in [0.25, 0.3) is 0 Å². The van der Waals surface area contributed by atoms with Gasteiger partial charge in [-0.15, -0.1) is 11.3 Å². The summed E-state index contributed by atoms with van der Waals surface area (Å²) in [4.78, 5) is 23.6. The lowest BCUT2D eigenvalue weighted by molar-refractivity contribution is -0.115. The molecule has 32 heavy (non-hydrogen) atoms. The van der Waals surface area contributed by atoms with Gasteiger partial charge in [0.15, 0.2) is 10.3 Å². The summed E-state index contributed by atoms with van der Waals surface area (Å²) in [6, 6.07) is 14.6. The van der Waals surface area contributed by atoms with Crippen LogP contribution in [-0.2, 0) is 17.1 Å². The Labute approximate surface area is 197 Å². The second-order valence-electron chi connectivity index (χ2n) is 7.84. The van der Waals surface area contributed by atoms with E-state index in [0.717, 1.165) is 34.2 Å². The lowest BCUT2D eigenvalue weighted by Gasteiger charge is -2.23. The molecule has 2 aromatic carbocycles. The van der Waals surface area contributed by atoms with E-state index < -0.39 is 0 Å². The molecule has 0 fully saturated rings. The fourth-order valence-electron chi connectivity index (χ4n) is 3.85. The van der Waals surface area contributed by atoms with E-state index in [9.17, 15) is 4.79 Å². The fourth-order valence-corrected chi connectivity index (χ4v) is 5.68. The third-order valence-electron chi connectivity index (χ3n) is 5.13. The number of nitrogens with zero attached hydrogens (tertiary/aromatic N) is 4. The number of hydrogen-bond acceptors (Lipinski definition) is 5. The maximum atomic E-state index is 12.6. The number of rotatable bonds is 7. The molecule has 5 nitrogen and oxygen atoms in total. The lowest BCUT2D eigenvalue weighted by atomic mass is 10.0. The van der Waals surface area contributed by atoms with Crippen LogP contribution in [0, 0.1) is 20.8 Å². The van der Waals surface area contributed by atoms with Crippen molar-refractivity contribution in [1.29, 1.82) is 0 Å². The third-order valence-corrected chi connectivity index (χ3v) is 7.04. The van der Waals surface area contributed by atoms with Crippen LogP contribution >= 0.6 is 23.1 Å². The van der Waals surface area contributed by atoms with Gasteiger partial charge in [0, 0.05) is 37.0 Å². The van der Waals surface area contributed by atoms with Crippen LogP contribution in [0.15, 0.2) is 65.4 Å². The molecular weight excluding hydrogens is 436 g/mol. The highest BCUT2D eigenvalue weighted by atomic mass is 32.2. The van der Waals surface area contributed by atoms with Crippen molar-refractivity contribution in [2.24, 2.45) is 0 Å². The molecule has 0 aliphatic heterocycles. The number of thioether (sulfide) groups is 1. The Hall–Kier alpha value is -2.90. The molecule has 4 rings (SSSR count). The number of aromatic nitrogens is 3. The van der Waals surface area contributed by atoms with Crippen molar-refractivity contribution in [1.82, 2.24) is 14.5 Å². The zero-order valence-electron chi connectivity index (χ0n) is 18.7. The molecule has 0 atom stereocenters. The molecule has 0 N–H and O–H groups in total. The molecule has 0 saturated carbocycles. The van der Waals surface area contributed by atoms with Crippen LogP contribution in [0.3, 0.4) is 0 Å². The largest absolute Gasteiger partial charge is 0.322 e. The number of amides is 1. The molecule has 0 spiro atoms. The topological polar surface area (TPSA) is 51.0 Å². The summed E-state index contributed by atoms with van der Waals surface area (Å²) >= 11 is 3.16. The van der Waals surface area contributed by atoms with E-state index in [1.165, 1.54) is 22.5 Å². The predicted octanol–water partition coefficient (Wildman–Crippen LogP) is 6.29. The van der Waals surface area contributed by atoms with Crippen molar-refractivity contribution >= 4 is 39.8 Å². The number of carbonyl (C=O) groups is 1. The zero-order chi connectivity index (χ0) is 22.7. The third kappa shape index (κ3) is 4.95. The SMILES string of the molecule is CC(=O)N(c1nc(CSc2nccn2Cc2ccccc2)cs1)c1c(C)cc(C)cc1C. The normalized spacial score (nSPS) is 11.0. The number of thiazole rings is 1. The van der Waals surface area contributed by atoms with Gasteiger partial charge in [0.25, 0.3) is 0 Å². The molecule has 0 aliphatic carbocycles. The van der Waals surface area contributed by atoms with Gasteiger partial charge in [0.05, 0.1) is 11.4 Å². The highest BCUT2D eigenvalue weighted by Gasteiger charge is 2.22. The van der Waals surface area contributed by atoms with Gasteiger partial charge in [-0.25, -0.2) is 9.97 Å². The average molecular weight is 463 g/mol. The van der Waals surface area contributed by atoms with E-state index >= 15 is 0 Å². The first-order valence-corrected chi connectivity index (χ1v) is 12.3. The number of hydrogen-bond donors (Lipinski definition) is 0. The number of imidazole rings is 1. The van der Waals surface area contributed by atoms with Gasteiger partial charge in [-0.2, -0.15) is 0 Å². The Morgan fingerprint density at radius 3 is 2.53 bits per heavy atom. The number of anilines is 2. The van der Waals surface area contributed by atoms with Gasteiger partial charge in [-0.1, -0.05) is 59.8 Å². The molecule has 7 heteroatoms. The second-order valence-corrected chi connectivity index (χ2v) is 9.61. The van der Waals surface area contributed by atoms with E-state index in [2.05, 4.69) is 40.7 Å². The van der Waals surface area contributed by atoms with Crippen molar-refractivity contribution in [3.8, 4) is 0 Å². The van der Waals surface area contributed by atoms with E-state index in [0.29, 0.717) is 10.9 Å². The Morgan fingerprint density at radius 2 is 1.84 bits per heavy atom. The average Bonchev–Trinajstić information content (AvgIpc) is 3.39. The summed E-state index contributed by atoms with van der Waals surface area (Å²) < 4.78 is 2.15. The highest BCUT2D eigenvalue weighted by molar-refractivity contribution is 7.98. The molecule has 2 aromatic heterocycles. The molecule has 4 aromatic rings. The summed E-state index contributed by atoms with van der Waals surface area (Å²) in [6.07, 6.45) is 3.83. The van der Waals surface area contributed by atoms with Crippen LogP contribution in [0.1, 0.15) is 34.9 Å². The van der Waals surface area contributed by atoms with Crippen molar-refractivity contribution in [2.45, 2.75) is 45.1 Å². The quantitative estimate of drug-likeness (QED) is 0.303. The Bertz CT molecular complexity index is 1210. The molecule has 2 heterocycles. The van der Waals surface area contributed by atoms with E-state index in [1.807, 2.05) is 49.8 Å². The standard InChI is InChI=1S/C25H26N4OS2/c1-17-12-18(2)23(19(3)13-17)29(20(4)30)25-27-22(16-32-25)15-31-24-26-10-11-28(24)14-21-8-6-5-7-9-21/h5-13,16H,14-15H2,1-4H3. The van der Waals surface area contributed by atoms with Crippen LogP contribution < -0.4 is 4.90 Å². The van der Waals surface area contributed by atoms with Gasteiger partial charge in [-0.05, 0) is 37.5 Å². The van der Waals surface area contributed by atoms with E-state index in [-0.39, 0.29) is 5.91 Å². The highest BCUT2D eigenvalue weighted by Crippen LogP contribution is 2.35. The molecular formula is C25H26N4OS2. The second kappa shape index (κ2) is 9.71. The molecule has 0 radical (unpaired) electrons. The zero-order valence-corrected chi connectivity index (χ0v) is 20.3. The van der Waals surface area contributed by atoms with Crippen LogP contribution in [0.4, 0.5) is 10.8 Å². The van der Waals surface area contributed by atoms with Gasteiger partial charge in [-0.3, -0.25) is 9.69 Å². The van der Waals surface area contributed by atoms with Gasteiger partial charge >= 0.3 is 0 Å². The summed E-state index contributed by atoms with van der Waals surface area (Å²) in [5.41, 5.74) is 6.45. The molecule has 164 valence electrons. The van der Waals surface area contributed by atoms with Crippen LogP contribution in [0.2, 0.25) is 0 Å². The maximum Gasteiger partial charge on any atom is 0.230 e. The number of carbonyl (C=O) groups excluding carboxylic acids is 1. The van der Waals surface area contributed by atoms with Crippen LogP contribution in [0.5, 0.6) is 0 Å². The minimum atomic E-state index is -0.0352. The van der Waals surface area contributed by atoms with E-state index in [4.69, 9.17) is 4.98 Å². The Balaban J connectivity index is 1.51. The van der Waals surface area contributed by atoms with Gasteiger partial charge < -0.3 is 4.57 Å². The van der Waals surface area contributed by atoms with Crippen molar-refractivity contribution in [2.75, 3.05) is 4.90 Å². The van der Waals surface area contributed by atoms with Crippen molar-refractivity contribution in [3.63, 3.8) is 0 Å². The van der Waals surface area contributed by atoms with Crippen LogP contribution in [-0.4, -0.2) is 20.4 Å². The first kappa shape index (κ1) is 22.3. The summed E-state index contributed by atoms with van der Waals surface area (Å²) in [6.45, 7) is 8.54. The summed E-state index contributed by atoms with van der Waals surface area (Å²) in [5.74, 6) is 0.659. The number of aryl methyl sites for hydroxylation is 3. The smallest absolute Gasteiger partial charge is 0.230 e. The summed E-state index contributed by atoms with van der Waals surface area (Å²) in [7, 11) is 0. The van der Waals surface area contributed by atoms with Crippen molar-refractivity contribution < 1.29 is 4.79 Å². The molecule has 0 aliphatic rings. The number of benzene rings is 2.